The van der Waals surface area contributed by atoms with E-state index < -0.39 is 5.97 Å². The van der Waals surface area contributed by atoms with Gasteiger partial charge in [0, 0.05) is 24.0 Å². The number of rotatable bonds is 3. The quantitative estimate of drug-likeness (QED) is 0.674. The minimum atomic E-state index is -0.392. The number of anilines is 1. The molecule has 0 aliphatic rings. The lowest BCUT2D eigenvalue weighted by atomic mass is 10.2. The molecule has 0 aromatic carbocycles. The van der Waals surface area contributed by atoms with Crippen molar-refractivity contribution < 1.29 is 9.53 Å². The first-order chi connectivity index (χ1) is 7.15. The highest BCUT2D eigenvalue weighted by Gasteiger charge is 2.01. The van der Waals surface area contributed by atoms with Crippen LogP contribution < -0.4 is 5.73 Å². The van der Waals surface area contributed by atoms with Gasteiger partial charge in [0.2, 0.25) is 0 Å². The smallest absolute Gasteiger partial charge is 0.330 e. The maximum absolute atomic E-state index is 11.0. The number of carbonyl (C=O) groups excluding carboxylic acids is 1. The van der Waals surface area contributed by atoms with Crippen LogP contribution >= 0.6 is 15.9 Å². The Hall–Kier alpha value is -1.36. The molecule has 0 amide bonds. The van der Waals surface area contributed by atoms with Crippen molar-refractivity contribution in [3.05, 3.63) is 28.5 Å². The van der Waals surface area contributed by atoms with E-state index in [1.807, 2.05) is 0 Å². The lowest BCUT2D eigenvalue weighted by Gasteiger charge is -2.01. The Bertz CT molecular complexity index is 391. The fourth-order valence-electron chi connectivity index (χ4n) is 0.941. The van der Waals surface area contributed by atoms with Gasteiger partial charge < -0.3 is 10.5 Å². The van der Waals surface area contributed by atoms with E-state index in [0.29, 0.717) is 22.3 Å². The molecule has 0 aliphatic heterocycles. The number of carbonyl (C=O) groups is 1. The Labute approximate surface area is 96.3 Å². The second-order valence-corrected chi connectivity index (χ2v) is 3.56. The molecule has 2 N–H and O–H groups in total. The molecule has 0 atom stereocenters. The third-order valence-corrected chi connectivity index (χ3v) is 2.29. The average Bonchev–Trinajstić information content (AvgIpc) is 2.21. The van der Waals surface area contributed by atoms with Gasteiger partial charge in [-0.05, 0) is 28.9 Å². The van der Waals surface area contributed by atoms with Crippen LogP contribution in [0, 0.1) is 0 Å². The van der Waals surface area contributed by atoms with Crippen molar-refractivity contribution in [1.82, 2.24) is 4.98 Å². The van der Waals surface area contributed by atoms with Crippen molar-refractivity contribution in [3.8, 4) is 0 Å². The number of nitrogens with zero attached hydrogens (tertiary/aromatic N) is 1. The number of pyridine rings is 1. The first-order valence-electron chi connectivity index (χ1n) is 4.39. The molecule has 0 saturated carbocycles. The van der Waals surface area contributed by atoms with E-state index in [1.165, 1.54) is 6.08 Å². The lowest BCUT2D eigenvalue weighted by molar-refractivity contribution is -0.137. The van der Waals surface area contributed by atoms with Crippen LogP contribution in [0.1, 0.15) is 12.5 Å². The van der Waals surface area contributed by atoms with E-state index in [-0.39, 0.29) is 0 Å². The summed E-state index contributed by atoms with van der Waals surface area (Å²) in [5.41, 5.74) is 6.98. The summed E-state index contributed by atoms with van der Waals surface area (Å²) in [6, 6.07) is 0. The third kappa shape index (κ3) is 3.36. The molecule has 5 heteroatoms. The molecule has 0 aliphatic carbocycles. The van der Waals surface area contributed by atoms with Gasteiger partial charge in [-0.3, -0.25) is 4.98 Å². The summed E-state index contributed by atoms with van der Waals surface area (Å²) >= 11 is 3.25. The zero-order valence-electron chi connectivity index (χ0n) is 8.24. The molecule has 80 valence electrons. The molecule has 0 bridgehead atoms. The summed E-state index contributed by atoms with van der Waals surface area (Å²) in [6.45, 7) is 2.11. The SMILES string of the molecule is CCOC(=O)/C=C\c1cncc(Br)c1N. The number of halogens is 1. The number of esters is 1. The molecule has 15 heavy (non-hydrogen) atoms. The fourth-order valence-corrected chi connectivity index (χ4v) is 1.29. The van der Waals surface area contributed by atoms with Crippen LogP contribution in [0.4, 0.5) is 5.69 Å². The van der Waals surface area contributed by atoms with E-state index in [1.54, 1.807) is 25.4 Å². The van der Waals surface area contributed by atoms with Crippen LogP contribution in [0.5, 0.6) is 0 Å². The van der Waals surface area contributed by atoms with Crippen LogP contribution in [-0.4, -0.2) is 17.6 Å². The summed E-state index contributed by atoms with van der Waals surface area (Å²) in [5.74, 6) is -0.392. The Kier molecular flexibility index (Phi) is 4.30. The van der Waals surface area contributed by atoms with Gasteiger partial charge in [-0.2, -0.15) is 0 Å². The lowest BCUT2D eigenvalue weighted by Crippen LogP contribution is -1.99. The van der Waals surface area contributed by atoms with Crippen LogP contribution in [0.2, 0.25) is 0 Å². The summed E-state index contributed by atoms with van der Waals surface area (Å²) < 4.78 is 5.44. The van der Waals surface area contributed by atoms with Crippen molar-refractivity contribution in [2.75, 3.05) is 12.3 Å². The van der Waals surface area contributed by atoms with Gasteiger partial charge in [-0.25, -0.2) is 4.79 Å². The predicted molar refractivity (Wildman–Crippen MR) is 62.0 cm³/mol. The molecule has 1 aromatic heterocycles. The molecule has 0 radical (unpaired) electrons. The monoisotopic (exact) mass is 270 g/mol. The van der Waals surface area contributed by atoms with Crippen molar-refractivity contribution in [1.29, 1.82) is 0 Å². The van der Waals surface area contributed by atoms with Gasteiger partial charge in [0.1, 0.15) is 0 Å². The van der Waals surface area contributed by atoms with Gasteiger partial charge >= 0.3 is 5.97 Å². The zero-order chi connectivity index (χ0) is 11.3. The number of ether oxygens (including phenoxy) is 1. The number of hydrogen-bond acceptors (Lipinski definition) is 4. The Morgan fingerprint density at radius 3 is 3.07 bits per heavy atom. The molecule has 0 saturated heterocycles. The molecular weight excluding hydrogens is 260 g/mol. The minimum absolute atomic E-state index is 0.357. The highest BCUT2D eigenvalue weighted by molar-refractivity contribution is 9.10. The molecule has 1 heterocycles. The van der Waals surface area contributed by atoms with Gasteiger partial charge in [0.25, 0.3) is 0 Å². The van der Waals surface area contributed by atoms with Crippen molar-refractivity contribution >= 4 is 33.7 Å². The maximum atomic E-state index is 11.0. The van der Waals surface area contributed by atoms with Crippen LogP contribution in [0.3, 0.4) is 0 Å². The largest absolute Gasteiger partial charge is 0.463 e. The van der Waals surface area contributed by atoms with Crippen LogP contribution in [0.25, 0.3) is 6.08 Å². The van der Waals surface area contributed by atoms with Gasteiger partial charge in [-0.1, -0.05) is 0 Å². The van der Waals surface area contributed by atoms with Gasteiger partial charge in [0.05, 0.1) is 16.8 Å². The highest BCUT2D eigenvalue weighted by Crippen LogP contribution is 2.22. The number of nitrogens with two attached hydrogens (primary N) is 1. The maximum Gasteiger partial charge on any atom is 0.330 e. The summed E-state index contributed by atoms with van der Waals surface area (Å²) in [7, 11) is 0. The van der Waals surface area contributed by atoms with Crippen molar-refractivity contribution in [2.45, 2.75) is 6.92 Å². The summed E-state index contributed by atoms with van der Waals surface area (Å²) in [6.07, 6.45) is 6.07. The van der Waals surface area contributed by atoms with E-state index in [9.17, 15) is 4.79 Å². The first-order valence-corrected chi connectivity index (χ1v) is 5.18. The topological polar surface area (TPSA) is 65.2 Å². The molecule has 1 aromatic rings. The highest BCUT2D eigenvalue weighted by atomic mass is 79.9. The first kappa shape index (κ1) is 11.7. The minimum Gasteiger partial charge on any atom is -0.463 e. The Morgan fingerprint density at radius 1 is 1.67 bits per heavy atom. The number of aromatic nitrogens is 1. The number of nitrogen functional groups attached to an aromatic ring is 1. The van der Waals surface area contributed by atoms with Gasteiger partial charge in [-0.15, -0.1) is 0 Å². The summed E-state index contributed by atoms with van der Waals surface area (Å²) in [4.78, 5) is 15.0. The second kappa shape index (κ2) is 5.50. The van der Waals surface area contributed by atoms with E-state index in [2.05, 4.69) is 20.9 Å². The second-order valence-electron chi connectivity index (χ2n) is 2.71. The predicted octanol–water partition coefficient (Wildman–Crippen LogP) is 2.00. The van der Waals surface area contributed by atoms with Crippen molar-refractivity contribution in [3.63, 3.8) is 0 Å². The standard InChI is InChI=1S/C10H11BrN2O2/c1-2-15-9(14)4-3-7-5-13-6-8(11)10(7)12/h3-6H,2H2,1H3,(H2,12,13)/b4-3-. The van der Waals surface area contributed by atoms with E-state index in [0.717, 1.165) is 0 Å². The van der Waals surface area contributed by atoms with Crippen LogP contribution in [0.15, 0.2) is 22.9 Å². The Balaban J connectivity index is 2.81. The average molecular weight is 271 g/mol. The molecular formula is C10H11BrN2O2. The molecule has 0 unspecified atom stereocenters. The van der Waals surface area contributed by atoms with E-state index in [4.69, 9.17) is 10.5 Å². The molecule has 0 spiro atoms. The molecule has 4 nitrogen and oxygen atoms in total. The normalized spacial score (nSPS) is 10.5. The molecule has 0 fully saturated rings. The van der Waals surface area contributed by atoms with Crippen LogP contribution in [-0.2, 0) is 9.53 Å². The van der Waals surface area contributed by atoms with Gasteiger partial charge in [0.15, 0.2) is 0 Å². The Morgan fingerprint density at radius 2 is 2.40 bits per heavy atom. The fraction of sp³-hybridized carbons (Fsp3) is 0.200. The molecule has 1 rings (SSSR count). The third-order valence-electron chi connectivity index (χ3n) is 1.66. The van der Waals surface area contributed by atoms with Crippen molar-refractivity contribution in [2.24, 2.45) is 0 Å². The number of hydrogen-bond donors (Lipinski definition) is 1. The zero-order valence-corrected chi connectivity index (χ0v) is 9.82. The van der Waals surface area contributed by atoms with E-state index >= 15 is 0 Å². The summed E-state index contributed by atoms with van der Waals surface area (Å²) in [5, 5.41) is 0.